The summed E-state index contributed by atoms with van der Waals surface area (Å²) in [7, 11) is 1.34. The second kappa shape index (κ2) is 5.01. The van der Waals surface area contributed by atoms with Crippen LogP contribution in [0.1, 0.15) is 0 Å². The highest BCUT2D eigenvalue weighted by molar-refractivity contribution is 5.94. The Morgan fingerprint density at radius 1 is 1.12 bits per heavy atom. The minimum absolute atomic E-state index is 0.0107. The molecule has 6 nitrogen and oxygen atoms in total. The number of hydrogen-bond donors (Lipinski definition) is 0. The van der Waals surface area contributed by atoms with E-state index >= 15 is 0 Å². The maximum absolute atomic E-state index is 10.4. The zero-order valence-electron chi connectivity index (χ0n) is 8.34. The van der Waals surface area contributed by atoms with E-state index in [1.54, 1.807) is 12.1 Å². The van der Waals surface area contributed by atoms with Gasteiger partial charge in [0, 0.05) is 0 Å². The molecule has 0 unspecified atom stereocenters. The van der Waals surface area contributed by atoms with Crippen LogP contribution in [0.5, 0.6) is 11.5 Å². The van der Waals surface area contributed by atoms with Crippen LogP contribution < -0.4 is 19.7 Å². The summed E-state index contributed by atoms with van der Waals surface area (Å²) >= 11 is 0. The lowest BCUT2D eigenvalue weighted by atomic mass is 10.3. The lowest BCUT2D eigenvalue weighted by Gasteiger charge is -2.21. The summed E-state index contributed by atoms with van der Waals surface area (Å²) in [5, 5.41) is 20.9. The van der Waals surface area contributed by atoms with Crippen molar-refractivity contribution in [2.45, 2.75) is 6.10 Å². The van der Waals surface area contributed by atoms with Gasteiger partial charge in [0.1, 0.15) is 0 Å². The molecule has 86 valence electrons. The van der Waals surface area contributed by atoms with Crippen LogP contribution in [-0.2, 0) is 9.59 Å². The monoisotopic (exact) mass is 224 g/mol. The summed E-state index contributed by atoms with van der Waals surface area (Å²) in [4.78, 5) is 20.9. The molecule has 16 heavy (non-hydrogen) atoms. The third-order valence-corrected chi connectivity index (χ3v) is 1.74. The quantitative estimate of drug-likeness (QED) is 0.533. The van der Waals surface area contributed by atoms with Crippen molar-refractivity contribution in [3.05, 3.63) is 24.3 Å². The first-order chi connectivity index (χ1) is 7.56. The van der Waals surface area contributed by atoms with Gasteiger partial charge in [-0.15, -0.1) is 0 Å². The van der Waals surface area contributed by atoms with Gasteiger partial charge in [0.2, 0.25) is 0 Å². The van der Waals surface area contributed by atoms with E-state index in [-0.39, 0.29) is 11.5 Å². The molecular weight excluding hydrogens is 216 g/mol. The zero-order chi connectivity index (χ0) is 12.1. The Labute approximate surface area is 91.0 Å². The van der Waals surface area contributed by atoms with Crippen molar-refractivity contribution in [2.75, 3.05) is 7.11 Å². The van der Waals surface area contributed by atoms with Crippen LogP contribution in [0.2, 0.25) is 0 Å². The zero-order valence-corrected chi connectivity index (χ0v) is 8.34. The maximum Gasteiger partial charge on any atom is 0.177 e. The van der Waals surface area contributed by atoms with Crippen LogP contribution >= 0.6 is 0 Å². The van der Waals surface area contributed by atoms with Gasteiger partial charge in [-0.1, -0.05) is 12.1 Å². The lowest BCUT2D eigenvalue weighted by molar-refractivity contribution is -0.334. The fourth-order valence-corrected chi connectivity index (χ4v) is 1.04. The van der Waals surface area contributed by atoms with Gasteiger partial charge < -0.3 is 29.3 Å². The number of methoxy groups -OCH3 is 1. The molecule has 0 aliphatic heterocycles. The van der Waals surface area contributed by atoms with Crippen LogP contribution in [-0.4, -0.2) is 25.2 Å². The topological polar surface area (TPSA) is 98.7 Å². The molecular formula is C10H8O6-2. The number of ether oxygens (including phenoxy) is 2. The number of hydrogen-bond acceptors (Lipinski definition) is 6. The molecule has 0 spiro atoms. The van der Waals surface area contributed by atoms with Crippen molar-refractivity contribution in [1.29, 1.82) is 0 Å². The first-order valence-corrected chi connectivity index (χ1v) is 4.27. The van der Waals surface area contributed by atoms with Crippen LogP contribution in [0.4, 0.5) is 0 Å². The second-order valence-electron chi connectivity index (χ2n) is 2.79. The summed E-state index contributed by atoms with van der Waals surface area (Å²) in [6, 6.07) is 6.03. The van der Waals surface area contributed by atoms with E-state index < -0.39 is 18.0 Å². The minimum atomic E-state index is -2.17. The third-order valence-electron chi connectivity index (χ3n) is 1.74. The fourth-order valence-electron chi connectivity index (χ4n) is 1.04. The maximum atomic E-state index is 10.4. The Balaban J connectivity index is 2.93. The summed E-state index contributed by atoms with van der Waals surface area (Å²) < 4.78 is 9.56. The molecule has 0 fully saturated rings. The first-order valence-electron chi connectivity index (χ1n) is 4.27. The van der Waals surface area contributed by atoms with Gasteiger partial charge in [-0.3, -0.25) is 0 Å². The van der Waals surface area contributed by atoms with Gasteiger partial charge in [-0.2, -0.15) is 0 Å². The molecule has 6 heteroatoms. The first kappa shape index (κ1) is 11.8. The van der Waals surface area contributed by atoms with E-state index in [2.05, 4.69) is 0 Å². The van der Waals surface area contributed by atoms with Crippen molar-refractivity contribution >= 4 is 11.9 Å². The number of carbonyl (C=O) groups excluding carboxylic acids is 2. The van der Waals surface area contributed by atoms with Gasteiger partial charge in [0.15, 0.2) is 17.6 Å². The molecule has 0 aliphatic carbocycles. The van der Waals surface area contributed by atoms with Gasteiger partial charge >= 0.3 is 0 Å². The number of rotatable bonds is 5. The van der Waals surface area contributed by atoms with Gasteiger partial charge in [-0.25, -0.2) is 0 Å². The normalized spacial score (nSPS) is 9.88. The smallest absolute Gasteiger partial charge is 0.177 e. The van der Waals surface area contributed by atoms with Crippen molar-refractivity contribution in [3.8, 4) is 11.5 Å². The summed E-state index contributed by atoms with van der Waals surface area (Å²) in [6.45, 7) is 0. The average Bonchev–Trinajstić information content (AvgIpc) is 2.25. The highest BCUT2D eigenvalue weighted by Gasteiger charge is 2.15. The number of para-hydroxylation sites is 2. The van der Waals surface area contributed by atoms with Gasteiger partial charge in [-0.05, 0) is 12.1 Å². The summed E-state index contributed by atoms with van der Waals surface area (Å²) in [5.74, 6) is -3.56. The Morgan fingerprint density at radius 3 is 2.06 bits per heavy atom. The molecule has 0 aromatic heterocycles. The van der Waals surface area contributed by atoms with Crippen LogP contribution in [0.15, 0.2) is 24.3 Å². The van der Waals surface area contributed by atoms with Crippen LogP contribution in [0.3, 0.4) is 0 Å². The van der Waals surface area contributed by atoms with Gasteiger partial charge in [0.25, 0.3) is 0 Å². The van der Waals surface area contributed by atoms with E-state index in [0.717, 1.165) is 0 Å². The van der Waals surface area contributed by atoms with Crippen molar-refractivity contribution < 1.29 is 29.3 Å². The van der Waals surface area contributed by atoms with Crippen molar-refractivity contribution in [3.63, 3.8) is 0 Å². The SMILES string of the molecule is COc1ccccc1OC(C(=O)[O-])C(=O)[O-]. The second-order valence-corrected chi connectivity index (χ2v) is 2.79. The molecule has 0 saturated carbocycles. The Kier molecular flexibility index (Phi) is 3.71. The largest absolute Gasteiger partial charge is 0.546 e. The highest BCUT2D eigenvalue weighted by atomic mass is 16.6. The molecule has 0 aliphatic rings. The number of carbonyl (C=O) groups is 2. The Bertz CT molecular complexity index is 386. The molecule has 1 aromatic rings. The lowest BCUT2D eigenvalue weighted by Crippen LogP contribution is -2.51. The van der Waals surface area contributed by atoms with E-state index in [9.17, 15) is 19.8 Å². The highest BCUT2D eigenvalue weighted by Crippen LogP contribution is 2.26. The predicted octanol–water partition coefficient (Wildman–Crippen LogP) is -2.06. The molecule has 0 heterocycles. The molecule has 0 amide bonds. The average molecular weight is 224 g/mol. The molecule has 0 saturated heterocycles. The number of carboxylic acid groups (broad SMARTS) is 2. The van der Waals surface area contributed by atoms with Gasteiger partial charge in [0.05, 0.1) is 19.0 Å². The molecule has 0 atom stereocenters. The Morgan fingerprint density at radius 2 is 1.62 bits per heavy atom. The third kappa shape index (κ3) is 2.63. The van der Waals surface area contributed by atoms with Crippen LogP contribution in [0, 0.1) is 0 Å². The molecule has 1 rings (SSSR count). The number of aliphatic carboxylic acids is 2. The van der Waals surface area contributed by atoms with Crippen LogP contribution in [0.25, 0.3) is 0 Å². The summed E-state index contributed by atoms with van der Waals surface area (Å²) in [6.07, 6.45) is -2.17. The molecule has 1 aromatic carbocycles. The standard InChI is InChI=1S/C10H10O6/c1-15-6-4-2-3-5-7(6)16-8(9(11)12)10(13)14/h2-5,8H,1H3,(H,11,12)(H,13,14)/p-2. The van der Waals surface area contributed by atoms with E-state index in [4.69, 9.17) is 9.47 Å². The fraction of sp³-hybridized carbons (Fsp3) is 0.200. The predicted molar refractivity (Wildman–Crippen MR) is 47.4 cm³/mol. The molecule has 0 bridgehead atoms. The van der Waals surface area contributed by atoms with Crippen molar-refractivity contribution in [1.82, 2.24) is 0 Å². The molecule has 0 radical (unpaired) electrons. The number of carboxylic acids is 2. The van der Waals surface area contributed by atoms with E-state index in [0.29, 0.717) is 0 Å². The van der Waals surface area contributed by atoms with Crippen molar-refractivity contribution in [2.24, 2.45) is 0 Å². The minimum Gasteiger partial charge on any atom is -0.546 e. The molecule has 0 N–H and O–H groups in total. The van der Waals surface area contributed by atoms with E-state index in [1.807, 2.05) is 0 Å². The number of benzene rings is 1. The Hall–Kier alpha value is -2.24. The van der Waals surface area contributed by atoms with E-state index in [1.165, 1.54) is 19.2 Å². The summed E-state index contributed by atoms with van der Waals surface area (Å²) in [5.41, 5.74) is 0.